The van der Waals surface area contributed by atoms with Crippen LogP contribution < -0.4 is 0 Å². The smallest absolute Gasteiger partial charge is 0.335 e. The molecule has 1 aromatic carbocycles. The van der Waals surface area contributed by atoms with E-state index in [1.54, 1.807) is 0 Å². The molecule has 116 valence electrons. The Balaban J connectivity index is 2.01. The van der Waals surface area contributed by atoms with Gasteiger partial charge in [-0.2, -0.15) is 0 Å². The average molecular weight is 311 g/mol. The van der Waals surface area contributed by atoms with Gasteiger partial charge in [0.25, 0.3) is 0 Å². The number of carboxylic acids is 1. The molecule has 1 aliphatic heterocycles. The fraction of sp³-hybridized carbons (Fsp3) is 0.533. The molecule has 1 fully saturated rings. The second-order valence-electron chi connectivity index (χ2n) is 5.68. The molecule has 0 spiro atoms. The number of hydrogen-bond donors (Lipinski definition) is 1. The van der Waals surface area contributed by atoms with E-state index in [9.17, 15) is 13.2 Å². The number of rotatable bonds is 5. The maximum absolute atomic E-state index is 12.3. The molecule has 21 heavy (non-hydrogen) atoms. The van der Waals surface area contributed by atoms with Crippen LogP contribution in [0, 0.1) is 5.92 Å². The van der Waals surface area contributed by atoms with Crippen molar-refractivity contribution in [3.05, 3.63) is 29.8 Å². The van der Waals surface area contributed by atoms with Crippen LogP contribution in [-0.4, -0.2) is 49.8 Å². The second kappa shape index (κ2) is 6.58. The van der Waals surface area contributed by atoms with Crippen molar-refractivity contribution >= 4 is 15.8 Å². The molecular formula is C15H21NO4S. The Morgan fingerprint density at radius 3 is 2.62 bits per heavy atom. The lowest BCUT2D eigenvalue weighted by Gasteiger charge is -2.29. The summed E-state index contributed by atoms with van der Waals surface area (Å²) in [6, 6.07) is 5.56. The molecule has 0 bridgehead atoms. The lowest BCUT2D eigenvalue weighted by molar-refractivity contribution is 0.0696. The lowest BCUT2D eigenvalue weighted by atomic mass is 9.99. The second-order valence-corrected chi connectivity index (χ2v) is 7.79. The maximum Gasteiger partial charge on any atom is 0.335 e. The predicted molar refractivity (Wildman–Crippen MR) is 80.3 cm³/mol. The summed E-state index contributed by atoms with van der Waals surface area (Å²) in [6.07, 6.45) is 2.21. The number of carbonyl (C=O) groups is 1. The van der Waals surface area contributed by atoms with E-state index in [2.05, 4.69) is 11.8 Å². The van der Waals surface area contributed by atoms with E-state index in [-0.39, 0.29) is 16.2 Å². The Labute approximate surface area is 125 Å². The summed E-state index contributed by atoms with van der Waals surface area (Å²) < 4.78 is 24.6. The Hall–Kier alpha value is -1.40. The van der Waals surface area contributed by atoms with Crippen LogP contribution in [0.1, 0.15) is 30.1 Å². The van der Waals surface area contributed by atoms with Crippen molar-refractivity contribution in [3.63, 3.8) is 0 Å². The minimum absolute atomic E-state index is 0.00266. The number of sulfone groups is 1. The summed E-state index contributed by atoms with van der Waals surface area (Å²) in [4.78, 5) is 13.2. The highest BCUT2D eigenvalue weighted by Crippen LogP contribution is 2.17. The van der Waals surface area contributed by atoms with Gasteiger partial charge in [0, 0.05) is 6.54 Å². The van der Waals surface area contributed by atoms with E-state index in [0.717, 1.165) is 25.9 Å². The monoisotopic (exact) mass is 311 g/mol. The van der Waals surface area contributed by atoms with Gasteiger partial charge in [-0.25, -0.2) is 13.2 Å². The minimum atomic E-state index is -3.43. The summed E-state index contributed by atoms with van der Waals surface area (Å²) in [5.41, 5.74) is 0.00266. The molecular weight excluding hydrogens is 290 g/mol. The fourth-order valence-corrected chi connectivity index (χ4v) is 3.80. The van der Waals surface area contributed by atoms with Crippen molar-refractivity contribution in [2.45, 2.75) is 24.7 Å². The van der Waals surface area contributed by atoms with Crippen LogP contribution in [0.2, 0.25) is 0 Å². The van der Waals surface area contributed by atoms with Gasteiger partial charge >= 0.3 is 5.97 Å². The molecule has 6 heteroatoms. The van der Waals surface area contributed by atoms with Crippen LogP contribution in [0.4, 0.5) is 0 Å². The lowest BCUT2D eigenvalue weighted by Crippen LogP contribution is -2.36. The van der Waals surface area contributed by atoms with E-state index >= 15 is 0 Å². The van der Waals surface area contributed by atoms with Crippen LogP contribution in [0.15, 0.2) is 29.2 Å². The third-order valence-corrected chi connectivity index (χ3v) is 5.68. The molecule has 2 rings (SSSR count). The standard InChI is InChI=1S/C15H21NO4S/c1-12-5-7-16(8-6-12)9-10-21(19,20)14-4-2-3-13(11-14)15(17)18/h2-4,11-12H,5-10H2,1H3,(H,17,18). The quantitative estimate of drug-likeness (QED) is 0.899. The first kappa shape index (κ1) is 16.0. The van der Waals surface area contributed by atoms with Crippen molar-refractivity contribution < 1.29 is 18.3 Å². The molecule has 1 aromatic rings. The molecule has 0 amide bonds. The zero-order chi connectivity index (χ0) is 15.5. The van der Waals surface area contributed by atoms with Gasteiger partial charge in [0.15, 0.2) is 9.84 Å². The summed E-state index contributed by atoms with van der Waals surface area (Å²) in [5.74, 6) is -0.369. The molecule has 1 N–H and O–H groups in total. The first-order valence-corrected chi connectivity index (χ1v) is 8.82. The Bertz CT molecular complexity index is 604. The zero-order valence-corrected chi connectivity index (χ0v) is 13.0. The number of nitrogens with zero attached hydrogens (tertiary/aromatic N) is 1. The Morgan fingerprint density at radius 2 is 2.00 bits per heavy atom. The first-order chi connectivity index (χ1) is 9.88. The molecule has 0 atom stereocenters. The molecule has 0 unspecified atom stereocenters. The topological polar surface area (TPSA) is 74.7 Å². The molecule has 1 aliphatic rings. The molecule has 0 radical (unpaired) electrons. The Kier molecular flexibility index (Phi) is 5.00. The summed E-state index contributed by atoms with van der Waals surface area (Å²) in [5, 5.41) is 8.93. The number of aromatic carboxylic acids is 1. The van der Waals surface area contributed by atoms with Gasteiger partial charge in [-0.3, -0.25) is 0 Å². The normalized spacial score (nSPS) is 17.8. The van der Waals surface area contributed by atoms with Crippen molar-refractivity contribution in [3.8, 4) is 0 Å². The van der Waals surface area contributed by atoms with Gasteiger partial charge in [-0.1, -0.05) is 13.0 Å². The van der Waals surface area contributed by atoms with Crippen LogP contribution >= 0.6 is 0 Å². The van der Waals surface area contributed by atoms with Crippen LogP contribution in [0.3, 0.4) is 0 Å². The minimum Gasteiger partial charge on any atom is -0.478 e. The van der Waals surface area contributed by atoms with Gasteiger partial charge in [0.2, 0.25) is 0 Å². The highest BCUT2D eigenvalue weighted by atomic mass is 32.2. The van der Waals surface area contributed by atoms with Gasteiger partial charge in [-0.05, 0) is 50.0 Å². The fourth-order valence-electron chi connectivity index (χ4n) is 2.48. The van der Waals surface area contributed by atoms with Crippen molar-refractivity contribution in [2.75, 3.05) is 25.4 Å². The maximum atomic E-state index is 12.3. The molecule has 1 heterocycles. The third-order valence-electron chi connectivity index (χ3n) is 3.99. The Morgan fingerprint density at radius 1 is 1.33 bits per heavy atom. The molecule has 5 nitrogen and oxygen atoms in total. The van der Waals surface area contributed by atoms with Gasteiger partial charge < -0.3 is 10.0 Å². The van der Waals surface area contributed by atoms with Crippen LogP contribution in [0.5, 0.6) is 0 Å². The van der Waals surface area contributed by atoms with Crippen molar-refractivity contribution in [1.82, 2.24) is 4.90 Å². The first-order valence-electron chi connectivity index (χ1n) is 7.17. The molecule has 0 aromatic heterocycles. The number of likely N-dealkylation sites (tertiary alicyclic amines) is 1. The van der Waals surface area contributed by atoms with Crippen LogP contribution in [-0.2, 0) is 9.84 Å². The van der Waals surface area contributed by atoms with E-state index in [0.29, 0.717) is 12.5 Å². The highest BCUT2D eigenvalue weighted by molar-refractivity contribution is 7.91. The summed E-state index contributed by atoms with van der Waals surface area (Å²) in [7, 11) is -3.43. The zero-order valence-electron chi connectivity index (χ0n) is 12.2. The van der Waals surface area contributed by atoms with Gasteiger partial charge in [0.05, 0.1) is 16.2 Å². The summed E-state index contributed by atoms with van der Waals surface area (Å²) in [6.45, 7) is 4.59. The van der Waals surface area contributed by atoms with E-state index in [4.69, 9.17) is 5.11 Å². The van der Waals surface area contributed by atoms with Crippen molar-refractivity contribution in [1.29, 1.82) is 0 Å². The van der Waals surface area contributed by atoms with Crippen LogP contribution in [0.25, 0.3) is 0 Å². The largest absolute Gasteiger partial charge is 0.478 e. The molecule has 1 saturated heterocycles. The predicted octanol–water partition coefficient (Wildman–Crippen LogP) is 1.89. The van der Waals surface area contributed by atoms with E-state index < -0.39 is 15.8 Å². The van der Waals surface area contributed by atoms with E-state index in [1.807, 2.05) is 0 Å². The SMILES string of the molecule is CC1CCN(CCS(=O)(=O)c2cccc(C(=O)O)c2)CC1. The number of hydrogen-bond acceptors (Lipinski definition) is 4. The third kappa shape index (κ3) is 4.28. The average Bonchev–Trinajstić information content (AvgIpc) is 2.47. The molecule has 0 saturated carbocycles. The number of benzene rings is 1. The van der Waals surface area contributed by atoms with Crippen molar-refractivity contribution in [2.24, 2.45) is 5.92 Å². The van der Waals surface area contributed by atoms with Gasteiger partial charge in [-0.15, -0.1) is 0 Å². The van der Waals surface area contributed by atoms with Gasteiger partial charge in [0.1, 0.15) is 0 Å². The van der Waals surface area contributed by atoms with E-state index in [1.165, 1.54) is 24.3 Å². The summed E-state index contributed by atoms with van der Waals surface area (Å²) >= 11 is 0. The highest BCUT2D eigenvalue weighted by Gasteiger charge is 2.20. The number of carboxylic acid groups (broad SMARTS) is 1. The molecule has 0 aliphatic carbocycles. The number of piperidine rings is 1.